The van der Waals surface area contributed by atoms with Crippen LogP contribution in [0.5, 0.6) is 0 Å². The van der Waals surface area contributed by atoms with E-state index in [1.54, 1.807) is 0 Å². The van der Waals surface area contributed by atoms with Crippen molar-refractivity contribution in [2.24, 2.45) is 0 Å². The number of benzene rings is 1. The molecule has 2 aliphatic rings. The predicted molar refractivity (Wildman–Crippen MR) is 91.8 cm³/mol. The number of aryl methyl sites for hydroxylation is 1. The second-order valence-corrected chi connectivity index (χ2v) is 6.95. The Labute approximate surface area is 136 Å². The van der Waals surface area contributed by atoms with Crippen LogP contribution in [0.4, 0.5) is 0 Å². The van der Waals surface area contributed by atoms with Crippen LogP contribution in [0.2, 0.25) is 0 Å². The van der Waals surface area contributed by atoms with Gasteiger partial charge in [0.1, 0.15) is 0 Å². The van der Waals surface area contributed by atoms with Gasteiger partial charge in [0, 0.05) is 36.6 Å². The van der Waals surface area contributed by atoms with Gasteiger partial charge in [-0.3, -0.25) is 9.78 Å². The normalized spacial score (nSPS) is 20.9. The Morgan fingerprint density at radius 3 is 2.78 bits per heavy atom. The molecule has 2 heterocycles. The van der Waals surface area contributed by atoms with Crippen LogP contribution in [-0.4, -0.2) is 42.0 Å². The molecule has 1 aliphatic heterocycles. The van der Waals surface area contributed by atoms with Crippen molar-refractivity contribution in [3.05, 3.63) is 41.1 Å². The number of amides is 1. The highest BCUT2D eigenvalue weighted by Gasteiger charge is 2.29. The molecule has 1 saturated heterocycles. The van der Waals surface area contributed by atoms with E-state index in [0.717, 1.165) is 47.2 Å². The van der Waals surface area contributed by atoms with Gasteiger partial charge in [0.05, 0.1) is 11.1 Å². The molecule has 2 aromatic rings. The molecular formula is C19H23N3O. The van der Waals surface area contributed by atoms with Gasteiger partial charge in [-0.25, -0.2) is 0 Å². The third-order valence-corrected chi connectivity index (χ3v) is 5.11. The average molecular weight is 309 g/mol. The van der Waals surface area contributed by atoms with Crippen molar-refractivity contribution in [2.45, 2.75) is 38.1 Å². The fourth-order valence-corrected chi connectivity index (χ4v) is 3.45. The zero-order valence-electron chi connectivity index (χ0n) is 13.8. The monoisotopic (exact) mass is 309 g/mol. The highest BCUT2D eigenvalue weighted by atomic mass is 16.2. The molecular weight excluding hydrogens is 286 g/mol. The third kappa shape index (κ3) is 2.72. The Balaban J connectivity index is 1.79. The highest BCUT2D eigenvalue weighted by molar-refractivity contribution is 6.06. The first-order valence-electron chi connectivity index (χ1n) is 8.52. The standard InChI is InChI=1S/C19H23N3O/c1-12-3-6-17-15(9-12)16(10-18(21-17)13-4-5-13)19(23)22(2)14-7-8-20-11-14/h3,6,9-10,13-14,20H,4-5,7-8,11H2,1-2H3. The largest absolute Gasteiger partial charge is 0.337 e. The summed E-state index contributed by atoms with van der Waals surface area (Å²) in [5.41, 5.74) is 4.01. The summed E-state index contributed by atoms with van der Waals surface area (Å²) in [5.74, 6) is 0.671. The fraction of sp³-hybridized carbons (Fsp3) is 0.474. The quantitative estimate of drug-likeness (QED) is 0.948. The summed E-state index contributed by atoms with van der Waals surface area (Å²) >= 11 is 0. The van der Waals surface area contributed by atoms with E-state index in [9.17, 15) is 4.79 Å². The van der Waals surface area contributed by atoms with Crippen molar-refractivity contribution in [2.75, 3.05) is 20.1 Å². The van der Waals surface area contributed by atoms with Crippen LogP contribution in [0.3, 0.4) is 0 Å². The molecule has 4 heteroatoms. The summed E-state index contributed by atoms with van der Waals surface area (Å²) in [4.78, 5) is 19.8. The van der Waals surface area contributed by atoms with Crippen molar-refractivity contribution in [1.29, 1.82) is 0 Å². The maximum atomic E-state index is 13.1. The Morgan fingerprint density at radius 2 is 2.09 bits per heavy atom. The lowest BCUT2D eigenvalue weighted by Crippen LogP contribution is -2.38. The van der Waals surface area contributed by atoms with E-state index in [4.69, 9.17) is 4.98 Å². The van der Waals surface area contributed by atoms with Gasteiger partial charge in [-0.05, 0) is 50.9 Å². The first kappa shape index (κ1) is 14.6. The lowest BCUT2D eigenvalue weighted by molar-refractivity contribution is 0.0745. The van der Waals surface area contributed by atoms with E-state index in [2.05, 4.69) is 24.4 Å². The van der Waals surface area contributed by atoms with Gasteiger partial charge in [-0.2, -0.15) is 0 Å². The highest BCUT2D eigenvalue weighted by Crippen LogP contribution is 2.40. The molecule has 1 amide bonds. The zero-order valence-corrected chi connectivity index (χ0v) is 13.8. The van der Waals surface area contributed by atoms with Crippen molar-refractivity contribution in [3.8, 4) is 0 Å². The number of carbonyl (C=O) groups excluding carboxylic acids is 1. The third-order valence-electron chi connectivity index (χ3n) is 5.11. The van der Waals surface area contributed by atoms with Gasteiger partial charge in [-0.1, -0.05) is 11.6 Å². The molecule has 1 unspecified atom stereocenters. The van der Waals surface area contributed by atoms with Crippen LogP contribution in [0.1, 0.15) is 46.8 Å². The minimum absolute atomic E-state index is 0.124. The Bertz CT molecular complexity index is 761. The average Bonchev–Trinajstić information content (AvgIpc) is 3.27. The topological polar surface area (TPSA) is 45.2 Å². The molecule has 0 radical (unpaired) electrons. The first-order chi connectivity index (χ1) is 11.1. The zero-order chi connectivity index (χ0) is 16.0. The summed E-state index contributed by atoms with van der Waals surface area (Å²) in [6.45, 7) is 3.94. The van der Waals surface area contributed by atoms with E-state index >= 15 is 0 Å². The van der Waals surface area contributed by atoms with E-state index in [1.807, 2.05) is 24.1 Å². The Morgan fingerprint density at radius 1 is 1.26 bits per heavy atom. The van der Waals surface area contributed by atoms with Crippen LogP contribution in [0.25, 0.3) is 10.9 Å². The minimum Gasteiger partial charge on any atom is -0.337 e. The molecule has 1 N–H and O–H groups in total. The number of nitrogens with one attached hydrogen (secondary N) is 1. The molecule has 2 fully saturated rings. The smallest absolute Gasteiger partial charge is 0.254 e. The number of rotatable bonds is 3. The molecule has 1 saturated carbocycles. The van der Waals surface area contributed by atoms with E-state index < -0.39 is 0 Å². The number of pyridine rings is 1. The fourth-order valence-electron chi connectivity index (χ4n) is 3.45. The van der Waals surface area contributed by atoms with Gasteiger partial charge in [0.25, 0.3) is 5.91 Å². The van der Waals surface area contributed by atoms with Crippen LogP contribution < -0.4 is 5.32 Å². The van der Waals surface area contributed by atoms with Gasteiger partial charge in [-0.15, -0.1) is 0 Å². The molecule has 0 spiro atoms. The van der Waals surface area contributed by atoms with Crippen molar-refractivity contribution < 1.29 is 4.79 Å². The second kappa shape index (κ2) is 5.60. The van der Waals surface area contributed by atoms with Crippen LogP contribution in [-0.2, 0) is 0 Å². The molecule has 4 nitrogen and oxygen atoms in total. The van der Waals surface area contributed by atoms with Crippen LogP contribution >= 0.6 is 0 Å². The van der Waals surface area contributed by atoms with E-state index in [0.29, 0.717) is 12.0 Å². The van der Waals surface area contributed by atoms with Crippen molar-refractivity contribution >= 4 is 16.8 Å². The molecule has 1 aromatic carbocycles. The molecule has 4 rings (SSSR count). The first-order valence-corrected chi connectivity index (χ1v) is 8.52. The molecule has 23 heavy (non-hydrogen) atoms. The number of hydrogen-bond acceptors (Lipinski definition) is 3. The minimum atomic E-state index is 0.124. The Kier molecular flexibility index (Phi) is 3.57. The van der Waals surface area contributed by atoms with Crippen LogP contribution in [0.15, 0.2) is 24.3 Å². The lowest BCUT2D eigenvalue weighted by Gasteiger charge is -2.24. The maximum absolute atomic E-state index is 13.1. The van der Waals surface area contributed by atoms with E-state index in [-0.39, 0.29) is 5.91 Å². The van der Waals surface area contributed by atoms with Crippen LogP contribution in [0, 0.1) is 6.92 Å². The van der Waals surface area contributed by atoms with E-state index in [1.165, 1.54) is 12.8 Å². The molecule has 1 aliphatic carbocycles. The number of fused-ring (bicyclic) bond motifs is 1. The second-order valence-electron chi connectivity index (χ2n) is 6.95. The lowest BCUT2D eigenvalue weighted by atomic mass is 10.0. The van der Waals surface area contributed by atoms with Crippen molar-refractivity contribution in [3.63, 3.8) is 0 Å². The summed E-state index contributed by atoms with van der Waals surface area (Å²) in [6.07, 6.45) is 3.42. The summed E-state index contributed by atoms with van der Waals surface area (Å²) < 4.78 is 0. The molecule has 1 atom stereocenters. The number of hydrogen-bond donors (Lipinski definition) is 1. The number of aromatic nitrogens is 1. The molecule has 120 valence electrons. The SMILES string of the molecule is Cc1ccc2nc(C3CC3)cc(C(=O)N(C)C3CCNC3)c2c1. The van der Waals surface area contributed by atoms with Gasteiger partial charge in [0.15, 0.2) is 0 Å². The van der Waals surface area contributed by atoms with Gasteiger partial charge >= 0.3 is 0 Å². The molecule has 0 bridgehead atoms. The van der Waals surface area contributed by atoms with Crippen molar-refractivity contribution in [1.82, 2.24) is 15.2 Å². The maximum Gasteiger partial charge on any atom is 0.254 e. The number of nitrogens with zero attached hydrogens (tertiary/aromatic N) is 2. The molecule has 1 aromatic heterocycles. The summed E-state index contributed by atoms with van der Waals surface area (Å²) in [5, 5.41) is 4.32. The Hall–Kier alpha value is -1.94. The van der Waals surface area contributed by atoms with Gasteiger partial charge < -0.3 is 10.2 Å². The predicted octanol–water partition coefficient (Wildman–Crippen LogP) is 2.85. The van der Waals surface area contributed by atoms with Gasteiger partial charge in [0.2, 0.25) is 0 Å². The summed E-state index contributed by atoms with van der Waals surface area (Å²) in [7, 11) is 1.93. The number of carbonyl (C=O) groups is 1. The number of likely N-dealkylation sites (N-methyl/N-ethyl adjacent to an activating group) is 1. The summed E-state index contributed by atoms with van der Waals surface area (Å²) in [6, 6.07) is 8.54.